The summed E-state index contributed by atoms with van der Waals surface area (Å²) in [6, 6.07) is 7.97. The first-order chi connectivity index (χ1) is 10.1. The zero-order valence-electron chi connectivity index (χ0n) is 12.4. The molecule has 6 nitrogen and oxygen atoms in total. The first-order valence-corrected chi connectivity index (χ1v) is 7.13. The van der Waals surface area contributed by atoms with Crippen LogP contribution in [0.15, 0.2) is 36.9 Å². The van der Waals surface area contributed by atoms with E-state index >= 15 is 0 Å². The second kappa shape index (κ2) is 7.54. The number of amides is 1. The molecule has 1 amide bonds. The van der Waals surface area contributed by atoms with Crippen molar-refractivity contribution in [2.45, 2.75) is 32.7 Å². The van der Waals surface area contributed by atoms with Crippen molar-refractivity contribution in [1.29, 1.82) is 0 Å². The molecule has 21 heavy (non-hydrogen) atoms. The number of nitrogens with one attached hydrogen (secondary N) is 2. The number of nitrogens with zero attached hydrogens (tertiary/aromatic N) is 3. The molecule has 0 unspecified atom stereocenters. The molecule has 2 N–H and O–H groups in total. The molecular weight excluding hydrogens is 266 g/mol. The highest BCUT2D eigenvalue weighted by atomic mass is 16.1. The van der Waals surface area contributed by atoms with Crippen LogP contribution >= 0.6 is 0 Å². The van der Waals surface area contributed by atoms with Crippen LogP contribution in [0, 0.1) is 0 Å². The van der Waals surface area contributed by atoms with E-state index in [9.17, 15) is 4.79 Å². The number of benzene rings is 1. The predicted molar refractivity (Wildman–Crippen MR) is 82.4 cm³/mol. The van der Waals surface area contributed by atoms with Crippen LogP contribution < -0.4 is 10.6 Å². The Bertz CT molecular complexity index is 548. The molecule has 1 heterocycles. The Kier molecular flexibility index (Phi) is 5.45. The summed E-state index contributed by atoms with van der Waals surface area (Å²) in [5, 5.41) is 10.2. The average molecular weight is 287 g/mol. The fraction of sp³-hybridized carbons (Fsp3) is 0.400. The second-order valence-electron chi connectivity index (χ2n) is 5.15. The number of rotatable bonds is 7. The van der Waals surface area contributed by atoms with Crippen molar-refractivity contribution in [3.05, 3.63) is 36.9 Å². The maximum Gasteiger partial charge on any atom is 0.224 e. The fourth-order valence-electron chi connectivity index (χ4n) is 1.90. The Labute approximate surface area is 124 Å². The second-order valence-corrected chi connectivity index (χ2v) is 5.15. The van der Waals surface area contributed by atoms with Gasteiger partial charge in [0, 0.05) is 18.2 Å². The van der Waals surface area contributed by atoms with Gasteiger partial charge in [-0.25, -0.2) is 9.67 Å². The van der Waals surface area contributed by atoms with Crippen molar-refractivity contribution in [2.75, 3.05) is 11.9 Å². The van der Waals surface area contributed by atoms with Crippen LogP contribution in [-0.2, 0) is 4.79 Å². The van der Waals surface area contributed by atoms with E-state index in [-0.39, 0.29) is 5.91 Å². The summed E-state index contributed by atoms with van der Waals surface area (Å²) in [6.45, 7) is 5.05. The minimum atomic E-state index is 0.0362. The monoisotopic (exact) mass is 287 g/mol. The highest BCUT2D eigenvalue weighted by Crippen LogP contribution is 2.12. The lowest BCUT2D eigenvalue weighted by Gasteiger charge is -2.08. The molecule has 1 aromatic carbocycles. The van der Waals surface area contributed by atoms with Gasteiger partial charge in [0.15, 0.2) is 0 Å². The Morgan fingerprint density at radius 1 is 1.29 bits per heavy atom. The summed E-state index contributed by atoms with van der Waals surface area (Å²) in [4.78, 5) is 15.7. The number of carbonyl (C=O) groups excluding carboxylic acids is 1. The Hall–Kier alpha value is -2.21. The van der Waals surface area contributed by atoms with E-state index in [1.165, 1.54) is 6.33 Å². The summed E-state index contributed by atoms with van der Waals surface area (Å²) in [5.41, 5.74) is 1.70. The predicted octanol–water partition coefficient (Wildman–Crippen LogP) is 1.98. The third kappa shape index (κ3) is 5.00. The molecule has 1 aromatic heterocycles. The molecule has 6 heteroatoms. The highest BCUT2D eigenvalue weighted by Gasteiger charge is 2.03. The molecule has 0 saturated heterocycles. The van der Waals surface area contributed by atoms with Gasteiger partial charge in [-0.2, -0.15) is 5.10 Å². The molecule has 2 rings (SSSR count). The molecule has 2 aromatic rings. The van der Waals surface area contributed by atoms with Crippen molar-refractivity contribution < 1.29 is 4.79 Å². The topological polar surface area (TPSA) is 71.8 Å². The molecule has 0 aliphatic rings. The van der Waals surface area contributed by atoms with Crippen LogP contribution in [0.3, 0.4) is 0 Å². The molecule has 112 valence electrons. The van der Waals surface area contributed by atoms with Crippen LogP contribution in [0.25, 0.3) is 5.69 Å². The van der Waals surface area contributed by atoms with Crippen molar-refractivity contribution >= 4 is 11.6 Å². The van der Waals surface area contributed by atoms with Crippen molar-refractivity contribution in [1.82, 2.24) is 20.1 Å². The lowest BCUT2D eigenvalue weighted by Crippen LogP contribution is -2.24. The maximum atomic E-state index is 11.8. The molecule has 0 bridgehead atoms. The van der Waals surface area contributed by atoms with Crippen molar-refractivity contribution in [2.24, 2.45) is 0 Å². The summed E-state index contributed by atoms with van der Waals surface area (Å²) in [5.74, 6) is 0.0362. The molecule has 0 aliphatic carbocycles. The van der Waals surface area contributed by atoms with E-state index in [2.05, 4.69) is 34.6 Å². The van der Waals surface area contributed by atoms with E-state index in [1.54, 1.807) is 11.0 Å². The van der Waals surface area contributed by atoms with Crippen LogP contribution in [0.4, 0.5) is 5.69 Å². The summed E-state index contributed by atoms with van der Waals surface area (Å²) in [7, 11) is 0. The van der Waals surface area contributed by atoms with Crippen molar-refractivity contribution in [3.8, 4) is 5.69 Å². The zero-order chi connectivity index (χ0) is 15.1. The van der Waals surface area contributed by atoms with Gasteiger partial charge >= 0.3 is 0 Å². The Morgan fingerprint density at radius 2 is 2.05 bits per heavy atom. The molecule has 0 aliphatic heterocycles. The van der Waals surface area contributed by atoms with E-state index in [4.69, 9.17) is 0 Å². The van der Waals surface area contributed by atoms with Gasteiger partial charge in [-0.3, -0.25) is 4.79 Å². The van der Waals surface area contributed by atoms with Gasteiger partial charge in [0.1, 0.15) is 12.7 Å². The zero-order valence-corrected chi connectivity index (χ0v) is 12.4. The van der Waals surface area contributed by atoms with Crippen molar-refractivity contribution in [3.63, 3.8) is 0 Å². The minimum absolute atomic E-state index is 0.0362. The molecular formula is C15H21N5O. The van der Waals surface area contributed by atoms with Gasteiger partial charge in [-0.05, 0) is 37.2 Å². The summed E-state index contributed by atoms with van der Waals surface area (Å²) < 4.78 is 1.67. The normalized spacial score (nSPS) is 10.8. The third-order valence-electron chi connectivity index (χ3n) is 2.97. The number of aromatic nitrogens is 3. The first-order valence-electron chi connectivity index (χ1n) is 7.13. The summed E-state index contributed by atoms with van der Waals surface area (Å²) >= 11 is 0. The number of hydrogen-bond acceptors (Lipinski definition) is 4. The van der Waals surface area contributed by atoms with Gasteiger partial charge in [0.05, 0.1) is 5.69 Å². The van der Waals surface area contributed by atoms with Gasteiger partial charge in [0.2, 0.25) is 5.91 Å². The van der Waals surface area contributed by atoms with Gasteiger partial charge < -0.3 is 10.6 Å². The minimum Gasteiger partial charge on any atom is -0.326 e. The van der Waals surface area contributed by atoms with E-state index < -0.39 is 0 Å². The van der Waals surface area contributed by atoms with E-state index in [0.717, 1.165) is 24.3 Å². The number of hydrogen-bond donors (Lipinski definition) is 2. The quantitative estimate of drug-likeness (QED) is 0.764. The fourth-order valence-corrected chi connectivity index (χ4v) is 1.90. The molecule has 0 atom stereocenters. The third-order valence-corrected chi connectivity index (χ3v) is 2.97. The van der Waals surface area contributed by atoms with Crippen LogP contribution in [0.2, 0.25) is 0 Å². The largest absolute Gasteiger partial charge is 0.326 e. The van der Waals surface area contributed by atoms with Crippen LogP contribution in [0.1, 0.15) is 26.7 Å². The Morgan fingerprint density at radius 3 is 2.67 bits per heavy atom. The SMILES string of the molecule is CC(C)NCCCC(=O)Nc1ccc(-n2cncn2)cc1. The van der Waals surface area contributed by atoms with E-state index in [0.29, 0.717) is 12.5 Å². The average Bonchev–Trinajstić information content (AvgIpc) is 2.98. The smallest absolute Gasteiger partial charge is 0.224 e. The molecule has 0 fully saturated rings. The van der Waals surface area contributed by atoms with Crippen LogP contribution in [0.5, 0.6) is 0 Å². The molecule has 0 spiro atoms. The number of carbonyl (C=O) groups is 1. The lowest BCUT2D eigenvalue weighted by molar-refractivity contribution is -0.116. The van der Waals surface area contributed by atoms with Gasteiger partial charge in [0.25, 0.3) is 0 Å². The Balaban J connectivity index is 1.79. The standard InChI is InChI=1S/C15H21N5O/c1-12(2)17-9-3-4-15(21)19-13-5-7-14(8-6-13)20-11-16-10-18-20/h5-8,10-12,17H,3-4,9H2,1-2H3,(H,19,21). The van der Waals surface area contributed by atoms with E-state index in [1.807, 2.05) is 24.3 Å². The highest BCUT2D eigenvalue weighted by molar-refractivity contribution is 5.90. The summed E-state index contributed by atoms with van der Waals surface area (Å²) in [6.07, 6.45) is 4.47. The van der Waals surface area contributed by atoms with Gasteiger partial charge in [-0.1, -0.05) is 13.8 Å². The molecule has 0 radical (unpaired) electrons. The molecule has 0 saturated carbocycles. The van der Waals surface area contributed by atoms with Gasteiger partial charge in [-0.15, -0.1) is 0 Å². The maximum absolute atomic E-state index is 11.8. The lowest BCUT2D eigenvalue weighted by atomic mass is 10.2. The van der Waals surface area contributed by atoms with Crippen LogP contribution in [-0.4, -0.2) is 33.3 Å². The first kappa shape index (κ1) is 15.2. The number of anilines is 1.